The van der Waals surface area contributed by atoms with Gasteiger partial charge in [-0.05, 0) is 69.6 Å². The molecule has 0 aliphatic carbocycles. The molecule has 0 unspecified atom stereocenters. The monoisotopic (exact) mass is 786 g/mol. The predicted molar refractivity (Wildman–Crippen MR) is 203 cm³/mol. The van der Waals surface area contributed by atoms with E-state index in [2.05, 4.69) is 0 Å². The molecule has 0 aliphatic heterocycles. The maximum Gasteiger partial charge on any atom is 0.247 e. The molecule has 0 heterocycles. The number of hydrogen-bond donors (Lipinski definition) is 1. The normalized spacial score (nSPS) is 11.7. The van der Waals surface area contributed by atoms with Crippen LogP contribution in [0, 0.1) is 11.7 Å². The molecule has 0 aromatic heterocycles. The number of carbonyl (C=O) groups excluding carboxylic acids is 1. The van der Waals surface area contributed by atoms with Gasteiger partial charge in [0.25, 0.3) is 0 Å². The Hall–Kier alpha value is -3.63. The molecule has 0 saturated heterocycles. The van der Waals surface area contributed by atoms with Crippen molar-refractivity contribution in [1.29, 1.82) is 0 Å². The third-order valence-electron chi connectivity index (χ3n) is 8.14. The van der Waals surface area contributed by atoms with Gasteiger partial charge in [-0.15, -0.1) is 0 Å². The number of phenolic OH excluding ortho intramolecular Hbond substituents is 1. The number of sulfonamides is 1. The lowest BCUT2D eigenvalue weighted by Crippen LogP contribution is -2.35. The van der Waals surface area contributed by atoms with Crippen LogP contribution in [-0.2, 0) is 40.9 Å². The highest BCUT2D eigenvalue weighted by molar-refractivity contribution is 7.89. The molecule has 5 rings (SSSR count). The maximum atomic E-state index is 14.2. The van der Waals surface area contributed by atoms with Crippen molar-refractivity contribution >= 4 is 62.3 Å². The number of aromatic hydroxyl groups is 1. The second-order valence-electron chi connectivity index (χ2n) is 12.6. The van der Waals surface area contributed by atoms with E-state index in [1.807, 2.05) is 44.2 Å². The van der Waals surface area contributed by atoms with Crippen LogP contribution in [0.25, 0.3) is 11.1 Å². The molecule has 5 aromatic carbocycles. The molecule has 0 fully saturated rings. The van der Waals surface area contributed by atoms with E-state index in [0.29, 0.717) is 33.3 Å². The van der Waals surface area contributed by atoms with Crippen molar-refractivity contribution in [2.24, 2.45) is 5.92 Å². The second-order valence-corrected chi connectivity index (χ2v) is 16.1. The van der Waals surface area contributed by atoms with Crippen molar-refractivity contribution in [2.75, 3.05) is 6.54 Å². The summed E-state index contributed by atoms with van der Waals surface area (Å²) >= 11 is 24.9. The number of rotatable bonds is 13. The Morgan fingerprint density at radius 1 is 0.745 bits per heavy atom. The highest BCUT2D eigenvalue weighted by Gasteiger charge is 2.30. The molecule has 51 heavy (non-hydrogen) atoms. The number of carbonyl (C=O) groups is 1. The molecule has 0 bridgehead atoms. The minimum Gasteiger partial charge on any atom is -0.505 e. The predicted octanol–water partition coefficient (Wildman–Crippen LogP) is 10.4. The van der Waals surface area contributed by atoms with Gasteiger partial charge < -0.3 is 10.0 Å². The molecular formula is C39H35Cl4FN2O4S. The third kappa shape index (κ3) is 9.83. The van der Waals surface area contributed by atoms with E-state index in [1.54, 1.807) is 53.4 Å². The molecule has 0 saturated carbocycles. The molecule has 266 valence electrons. The Kier molecular flexibility index (Phi) is 12.7. The van der Waals surface area contributed by atoms with Crippen molar-refractivity contribution in [3.05, 3.63) is 151 Å². The van der Waals surface area contributed by atoms with Gasteiger partial charge in [0.2, 0.25) is 15.9 Å². The molecule has 1 N–H and O–H groups in total. The van der Waals surface area contributed by atoms with E-state index < -0.39 is 20.7 Å². The first kappa shape index (κ1) is 38.6. The lowest BCUT2D eigenvalue weighted by Gasteiger charge is -2.26. The molecule has 0 radical (unpaired) electrons. The SMILES string of the molecule is CC(C)CN(Cc1cccc(CN(Cc2ccc(-c3ccc(F)cc3)cc2)S(=O)(=O)c2cc(Cl)cc(Cl)c2O)c1)C(=O)Cc1cccc(Cl)c1Cl. The van der Waals surface area contributed by atoms with Gasteiger partial charge in [-0.2, -0.15) is 4.31 Å². The molecule has 12 heteroatoms. The van der Waals surface area contributed by atoms with E-state index in [9.17, 15) is 22.7 Å². The third-order valence-corrected chi connectivity index (χ3v) is 11.3. The summed E-state index contributed by atoms with van der Waals surface area (Å²) < 4.78 is 43.2. The Morgan fingerprint density at radius 3 is 1.98 bits per heavy atom. The summed E-state index contributed by atoms with van der Waals surface area (Å²) in [5, 5.41) is 11.3. The molecule has 0 aliphatic rings. The number of nitrogens with zero attached hydrogens (tertiary/aromatic N) is 2. The van der Waals surface area contributed by atoms with Gasteiger partial charge in [0.05, 0.1) is 21.5 Å². The van der Waals surface area contributed by atoms with Gasteiger partial charge >= 0.3 is 0 Å². The van der Waals surface area contributed by atoms with Crippen LogP contribution in [0.4, 0.5) is 4.39 Å². The fraction of sp³-hybridized carbons (Fsp3) is 0.205. The Balaban J connectivity index is 1.44. The summed E-state index contributed by atoms with van der Waals surface area (Å²) in [6.45, 7) is 4.69. The minimum atomic E-state index is -4.36. The number of halogens is 5. The van der Waals surface area contributed by atoms with Crippen LogP contribution >= 0.6 is 46.4 Å². The summed E-state index contributed by atoms with van der Waals surface area (Å²) in [5.41, 5.74) is 4.39. The smallest absolute Gasteiger partial charge is 0.247 e. The zero-order valence-corrected chi connectivity index (χ0v) is 31.6. The van der Waals surface area contributed by atoms with Crippen LogP contribution in [0.15, 0.2) is 108 Å². The summed E-state index contributed by atoms with van der Waals surface area (Å²) in [4.78, 5) is 14.9. The fourth-order valence-electron chi connectivity index (χ4n) is 5.66. The number of amides is 1. The number of benzene rings is 5. The molecular weight excluding hydrogens is 753 g/mol. The number of hydrogen-bond acceptors (Lipinski definition) is 4. The van der Waals surface area contributed by atoms with Gasteiger partial charge in [0.1, 0.15) is 10.7 Å². The molecule has 6 nitrogen and oxygen atoms in total. The summed E-state index contributed by atoms with van der Waals surface area (Å²) in [7, 11) is -4.36. The summed E-state index contributed by atoms with van der Waals surface area (Å²) in [5.74, 6) is -0.889. The van der Waals surface area contributed by atoms with Crippen LogP contribution in [-0.4, -0.2) is 35.2 Å². The van der Waals surface area contributed by atoms with Crippen molar-refractivity contribution in [3.8, 4) is 16.9 Å². The molecule has 5 aromatic rings. The zero-order chi connectivity index (χ0) is 36.9. The first-order valence-corrected chi connectivity index (χ1v) is 19.0. The lowest BCUT2D eigenvalue weighted by atomic mass is 10.0. The van der Waals surface area contributed by atoms with Crippen LogP contribution in [0.2, 0.25) is 20.1 Å². The lowest BCUT2D eigenvalue weighted by molar-refractivity contribution is -0.131. The average Bonchev–Trinajstić information content (AvgIpc) is 3.08. The van der Waals surface area contributed by atoms with Crippen LogP contribution in [0.5, 0.6) is 5.75 Å². The van der Waals surface area contributed by atoms with Crippen LogP contribution in [0.1, 0.15) is 36.1 Å². The topological polar surface area (TPSA) is 77.9 Å². The highest BCUT2D eigenvalue weighted by Crippen LogP contribution is 2.37. The second kappa shape index (κ2) is 16.8. The fourth-order valence-corrected chi connectivity index (χ4v) is 8.21. The molecule has 0 spiro atoms. The van der Waals surface area contributed by atoms with Gasteiger partial charge in [-0.1, -0.05) is 133 Å². The summed E-state index contributed by atoms with van der Waals surface area (Å²) in [6.07, 6.45) is 0.0729. The highest BCUT2D eigenvalue weighted by atomic mass is 35.5. The van der Waals surface area contributed by atoms with E-state index in [1.165, 1.54) is 28.6 Å². The first-order chi connectivity index (χ1) is 24.2. The minimum absolute atomic E-state index is 0.0518. The average molecular weight is 789 g/mol. The van der Waals surface area contributed by atoms with Crippen molar-refractivity contribution in [1.82, 2.24) is 9.21 Å². The van der Waals surface area contributed by atoms with Gasteiger partial charge in [-0.3, -0.25) is 4.79 Å². The Labute approximate surface area is 318 Å². The van der Waals surface area contributed by atoms with Gasteiger partial charge in [-0.25, -0.2) is 12.8 Å². The largest absolute Gasteiger partial charge is 0.505 e. The Bertz CT molecular complexity index is 2130. The van der Waals surface area contributed by atoms with Crippen molar-refractivity contribution in [3.63, 3.8) is 0 Å². The molecule has 1 amide bonds. The zero-order valence-electron chi connectivity index (χ0n) is 27.8. The summed E-state index contributed by atoms with van der Waals surface area (Å²) in [6, 6.07) is 28.3. The maximum absolute atomic E-state index is 14.2. The Morgan fingerprint density at radius 2 is 1.33 bits per heavy atom. The van der Waals surface area contributed by atoms with E-state index >= 15 is 0 Å². The van der Waals surface area contributed by atoms with Crippen LogP contribution in [0.3, 0.4) is 0 Å². The van der Waals surface area contributed by atoms with E-state index in [0.717, 1.165) is 16.7 Å². The first-order valence-electron chi connectivity index (χ1n) is 16.0. The van der Waals surface area contributed by atoms with E-state index in [-0.39, 0.29) is 53.7 Å². The quantitative estimate of drug-likeness (QED) is 0.129. The van der Waals surface area contributed by atoms with Gasteiger partial charge in [0, 0.05) is 31.2 Å². The van der Waals surface area contributed by atoms with Gasteiger partial charge in [0.15, 0.2) is 5.75 Å². The van der Waals surface area contributed by atoms with E-state index in [4.69, 9.17) is 46.4 Å². The van der Waals surface area contributed by atoms with Crippen molar-refractivity contribution < 1.29 is 22.7 Å². The number of phenols is 1. The standard InChI is InChI=1S/C39H35Cl4FN2O4S/c1-25(2)21-45(37(47)18-31-7-4-8-34(41)38(31)43)22-27-5-3-6-28(17-27)24-46(51(49,50)36-20-32(40)19-35(42)39(36)48)23-26-9-11-29(12-10-26)30-13-15-33(44)16-14-30/h3-17,19-20,25,48H,18,21-24H2,1-2H3. The molecule has 0 atom stereocenters. The van der Waals surface area contributed by atoms with Crippen molar-refractivity contribution in [2.45, 2.75) is 44.8 Å². The van der Waals surface area contributed by atoms with Crippen LogP contribution < -0.4 is 0 Å².